The largest absolute Gasteiger partial charge is 0.455 e. The topological polar surface area (TPSA) is 75.7 Å². The van der Waals surface area contributed by atoms with Gasteiger partial charge in [0.2, 0.25) is 5.91 Å². The normalized spacial score (nSPS) is 17.0. The minimum absolute atomic E-state index is 0.0409. The molecule has 3 rings (SSSR count). The molecule has 2 atom stereocenters. The van der Waals surface area contributed by atoms with Gasteiger partial charge in [-0.25, -0.2) is 4.39 Å². The highest BCUT2D eigenvalue weighted by atomic mass is 19.1. The van der Waals surface area contributed by atoms with Crippen LogP contribution < -0.4 is 10.2 Å². The van der Waals surface area contributed by atoms with E-state index in [-0.39, 0.29) is 30.5 Å². The average molecular weight is 412 g/mol. The first-order valence-electron chi connectivity index (χ1n) is 10.00. The lowest BCUT2D eigenvalue weighted by Crippen LogP contribution is -2.29. The molecule has 2 amide bonds. The smallest absolute Gasteiger partial charge is 0.311 e. The minimum Gasteiger partial charge on any atom is -0.455 e. The number of nitrogens with zero attached hydrogens (tertiary/aromatic N) is 1. The molecular formula is C23H25FN2O4. The summed E-state index contributed by atoms with van der Waals surface area (Å²) in [6.07, 6.45) is 0.976. The van der Waals surface area contributed by atoms with E-state index in [0.717, 1.165) is 17.7 Å². The molecule has 158 valence electrons. The fraction of sp³-hybridized carbons (Fsp3) is 0.348. The number of ether oxygens (including phenoxy) is 1. The summed E-state index contributed by atoms with van der Waals surface area (Å²) < 4.78 is 18.3. The van der Waals surface area contributed by atoms with Gasteiger partial charge in [-0.1, -0.05) is 38.1 Å². The van der Waals surface area contributed by atoms with E-state index in [1.165, 1.54) is 24.3 Å². The molecule has 6 nitrogen and oxygen atoms in total. The number of carbonyl (C=O) groups excluding carboxylic acids is 3. The molecule has 1 N–H and O–H groups in total. The highest BCUT2D eigenvalue weighted by Crippen LogP contribution is 2.33. The van der Waals surface area contributed by atoms with Gasteiger partial charge in [0.1, 0.15) is 5.82 Å². The highest BCUT2D eigenvalue weighted by molar-refractivity contribution is 6.00. The second kappa shape index (κ2) is 9.52. The second-order valence-electron chi connectivity index (χ2n) is 7.44. The van der Waals surface area contributed by atoms with Gasteiger partial charge < -0.3 is 15.0 Å². The van der Waals surface area contributed by atoms with E-state index >= 15 is 0 Å². The summed E-state index contributed by atoms with van der Waals surface area (Å²) in [5.41, 5.74) is 2.16. The number of hydrogen-bond donors (Lipinski definition) is 1. The standard InChI is InChI=1S/C23H25FN2O4/c1-3-15(2)19-9-4-5-10-20(19)26-13-16(11-22(26)28)23(29)30-14-21(27)25-18-8-6-7-17(24)12-18/h4-10,12,15-16H,3,11,13-14H2,1-2H3,(H,25,27)/t15-,16-/m1/s1. The number of benzene rings is 2. The van der Waals surface area contributed by atoms with Crippen LogP contribution >= 0.6 is 0 Å². The van der Waals surface area contributed by atoms with Crippen LogP contribution in [-0.2, 0) is 19.1 Å². The zero-order valence-electron chi connectivity index (χ0n) is 17.1. The predicted molar refractivity (Wildman–Crippen MR) is 112 cm³/mol. The van der Waals surface area contributed by atoms with Gasteiger partial charge in [-0.2, -0.15) is 0 Å². The lowest BCUT2D eigenvalue weighted by Gasteiger charge is -2.23. The van der Waals surface area contributed by atoms with Gasteiger partial charge >= 0.3 is 5.97 Å². The highest BCUT2D eigenvalue weighted by Gasteiger charge is 2.37. The Hall–Kier alpha value is -3.22. The summed E-state index contributed by atoms with van der Waals surface area (Å²) in [5, 5.41) is 2.46. The van der Waals surface area contributed by atoms with Gasteiger partial charge in [0.15, 0.2) is 6.61 Å². The molecule has 2 aromatic carbocycles. The molecule has 0 unspecified atom stereocenters. The lowest BCUT2D eigenvalue weighted by molar-refractivity contribution is -0.151. The Kier molecular flexibility index (Phi) is 6.82. The summed E-state index contributed by atoms with van der Waals surface area (Å²) in [5.74, 6) is -2.14. The number of hydrogen-bond acceptors (Lipinski definition) is 4. The van der Waals surface area contributed by atoms with E-state index in [2.05, 4.69) is 19.2 Å². The molecule has 2 aromatic rings. The van der Waals surface area contributed by atoms with Crippen molar-refractivity contribution in [2.45, 2.75) is 32.6 Å². The van der Waals surface area contributed by atoms with Crippen LogP contribution in [0.3, 0.4) is 0 Å². The van der Waals surface area contributed by atoms with Crippen molar-refractivity contribution in [1.29, 1.82) is 0 Å². The summed E-state index contributed by atoms with van der Waals surface area (Å²) in [4.78, 5) is 38.6. The molecule has 0 saturated carbocycles. The molecule has 1 saturated heterocycles. The summed E-state index contributed by atoms with van der Waals surface area (Å²) in [6, 6.07) is 13.1. The Morgan fingerprint density at radius 2 is 2.00 bits per heavy atom. The second-order valence-corrected chi connectivity index (χ2v) is 7.44. The third-order valence-electron chi connectivity index (χ3n) is 5.28. The fourth-order valence-electron chi connectivity index (χ4n) is 3.49. The van der Waals surface area contributed by atoms with Crippen molar-refractivity contribution in [1.82, 2.24) is 0 Å². The summed E-state index contributed by atoms with van der Waals surface area (Å²) in [6.45, 7) is 3.91. The lowest BCUT2D eigenvalue weighted by atomic mass is 9.96. The van der Waals surface area contributed by atoms with Gasteiger partial charge in [0.25, 0.3) is 5.91 Å². The number of carbonyl (C=O) groups is 3. The molecule has 1 fully saturated rings. The maximum Gasteiger partial charge on any atom is 0.311 e. The molecule has 7 heteroatoms. The fourth-order valence-corrected chi connectivity index (χ4v) is 3.49. The van der Waals surface area contributed by atoms with Gasteiger partial charge in [-0.15, -0.1) is 0 Å². The number of rotatable bonds is 7. The Balaban J connectivity index is 1.58. The van der Waals surface area contributed by atoms with Crippen LogP contribution in [0.15, 0.2) is 48.5 Å². The molecule has 0 aliphatic carbocycles. The number of nitrogens with one attached hydrogen (secondary N) is 1. The molecule has 0 aromatic heterocycles. The number of esters is 1. The van der Waals surface area contributed by atoms with E-state index in [4.69, 9.17) is 4.74 Å². The van der Waals surface area contributed by atoms with Gasteiger partial charge in [0, 0.05) is 24.3 Å². The maximum atomic E-state index is 13.2. The number of halogens is 1. The van der Waals surface area contributed by atoms with Crippen LogP contribution in [-0.4, -0.2) is 30.9 Å². The quantitative estimate of drug-likeness (QED) is 0.701. The molecular weight excluding hydrogens is 387 g/mol. The maximum absolute atomic E-state index is 13.2. The minimum atomic E-state index is -0.635. The van der Waals surface area contributed by atoms with Crippen molar-refractivity contribution < 1.29 is 23.5 Å². The van der Waals surface area contributed by atoms with E-state index in [1.807, 2.05) is 24.3 Å². The van der Waals surface area contributed by atoms with Crippen molar-refractivity contribution in [3.8, 4) is 0 Å². The molecule has 1 heterocycles. The van der Waals surface area contributed by atoms with E-state index in [1.54, 1.807) is 4.90 Å². The first-order valence-corrected chi connectivity index (χ1v) is 10.00. The molecule has 0 radical (unpaired) electrons. The van der Waals surface area contributed by atoms with Crippen LogP contribution in [0.2, 0.25) is 0 Å². The van der Waals surface area contributed by atoms with Gasteiger partial charge in [-0.05, 0) is 42.2 Å². The monoisotopic (exact) mass is 412 g/mol. The van der Waals surface area contributed by atoms with E-state index < -0.39 is 30.2 Å². The van der Waals surface area contributed by atoms with Gasteiger partial charge in [-0.3, -0.25) is 14.4 Å². The van der Waals surface area contributed by atoms with Crippen LogP contribution in [0.25, 0.3) is 0 Å². The van der Waals surface area contributed by atoms with Crippen molar-refractivity contribution >= 4 is 29.2 Å². The zero-order chi connectivity index (χ0) is 21.7. The van der Waals surface area contributed by atoms with Crippen LogP contribution in [0.4, 0.5) is 15.8 Å². The predicted octanol–water partition coefficient (Wildman–Crippen LogP) is 3.87. The van der Waals surface area contributed by atoms with Crippen LogP contribution in [0, 0.1) is 11.7 Å². The molecule has 1 aliphatic rings. The Morgan fingerprint density at radius 1 is 1.23 bits per heavy atom. The van der Waals surface area contributed by atoms with Crippen LogP contribution in [0.1, 0.15) is 38.2 Å². The molecule has 1 aliphatic heterocycles. The molecule has 30 heavy (non-hydrogen) atoms. The van der Waals surface area contributed by atoms with Crippen molar-refractivity contribution in [2.24, 2.45) is 5.92 Å². The number of amides is 2. The third-order valence-corrected chi connectivity index (χ3v) is 5.28. The zero-order valence-corrected chi connectivity index (χ0v) is 17.1. The number of para-hydroxylation sites is 1. The third kappa shape index (κ3) is 5.03. The SMILES string of the molecule is CC[C@@H](C)c1ccccc1N1C[C@H](C(=O)OCC(=O)Nc2cccc(F)c2)CC1=O. The van der Waals surface area contributed by atoms with Crippen molar-refractivity contribution in [3.05, 3.63) is 59.9 Å². The van der Waals surface area contributed by atoms with Crippen molar-refractivity contribution in [3.63, 3.8) is 0 Å². The van der Waals surface area contributed by atoms with Crippen molar-refractivity contribution in [2.75, 3.05) is 23.4 Å². The summed E-state index contributed by atoms with van der Waals surface area (Å²) in [7, 11) is 0. The molecule has 0 spiro atoms. The Morgan fingerprint density at radius 3 is 2.73 bits per heavy atom. The molecule has 0 bridgehead atoms. The summed E-state index contributed by atoms with van der Waals surface area (Å²) >= 11 is 0. The van der Waals surface area contributed by atoms with Crippen LogP contribution in [0.5, 0.6) is 0 Å². The Bertz CT molecular complexity index is 946. The first kappa shape index (κ1) is 21.5. The van der Waals surface area contributed by atoms with E-state index in [9.17, 15) is 18.8 Å². The first-order chi connectivity index (χ1) is 14.4. The number of anilines is 2. The average Bonchev–Trinajstić information content (AvgIpc) is 3.13. The van der Waals surface area contributed by atoms with E-state index in [0.29, 0.717) is 0 Å². The Labute approximate surface area is 175 Å². The van der Waals surface area contributed by atoms with Gasteiger partial charge in [0.05, 0.1) is 5.92 Å².